The second-order valence-electron chi connectivity index (χ2n) is 1.43. The minimum Gasteiger partial charge on any atom is -0.350 e. The van der Waals surface area contributed by atoms with Crippen molar-refractivity contribution in [3.05, 3.63) is 0 Å². The highest BCUT2D eigenvalue weighted by Gasteiger charge is 2.17. The van der Waals surface area contributed by atoms with E-state index in [1.165, 1.54) is 4.90 Å². The van der Waals surface area contributed by atoms with Crippen LogP contribution in [0.15, 0.2) is 0 Å². The number of hydrogen-bond acceptors (Lipinski definition) is 2. The second-order valence-corrected chi connectivity index (χ2v) is 1.43. The molecule has 0 spiro atoms. The molecule has 3 heteroatoms. The molecule has 0 aromatic rings. The average molecular weight is 111 g/mol. The molecule has 3 nitrogen and oxygen atoms in total. The van der Waals surface area contributed by atoms with Crippen LogP contribution < -0.4 is 0 Å². The van der Waals surface area contributed by atoms with Crippen LogP contribution in [0, 0.1) is 12.5 Å². The third-order valence-electron chi connectivity index (χ3n) is 0.903. The molecule has 0 saturated carbocycles. The van der Waals surface area contributed by atoms with Gasteiger partial charge < -0.3 is 4.74 Å². The van der Waals surface area contributed by atoms with E-state index in [2.05, 4.69) is 6.04 Å². The normalized spacial score (nSPS) is 18.9. The maximum absolute atomic E-state index is 10.5. The van der Waals surface area contributed by atoms with Crippen LogP contribution >= 0.6 is 0 Å². The molecule has 0 unspecified atom stereocenters. The molecule has 1 rings (SSSR count). The Kier molecular flexibility index (Phi) is 1.18. The number of ether oxygens (including phenoxy) is 1. The Balaban J connectivity index is 2.58. The first-order valence-corrected chi connectivity index (χ1v) is 2.19. The van der Waals surface area contributed by atoms with Crippen molar-refractivity contribution < 1.29 is 9.53 Å². The molecule has 1 heterocycles. The summed E-state index contributed by atoms with van der Waals surface area (Å²) in [6.07, 6.45) is 4.90. The van der Waals surface area contributed by atoms with Gasteiger partial charge in [0.1, 0.15) is 13.3 Å². The summed E-state index contributed by atoms with van der Waals surface area (Å²) < 4.78 is 4.69. The van der Waals surface area contributed by atoms with Gasteiger partial charge in [0, 0.05) is 6.04 Å². The van der Waals surface area contributed by atoms with Crippen molar-refractivity contribution in [1.82, 2.24) is 4.90 Å². The fraction of sp³-hybridized carbons (Fsp3) is 0.400. The van der Waals surface area contributed by atoms with Crippen molar-refractivity contribution in [2.24, 2.45) is 0 Å². The maximum atomic E-state index is 10.5. The molecule has 1 amide bonds. The number of carbonyl (C=O) groups excluding carboxylic acids is 1. The Bertz CT molecular complexity index is 147. The number of hydrogen-bond donors (Lipinski definition) is 0. The average Bonchev–Trinajstić information content (AvgIpc) is 2.14. The summed E-state index contributed by atoms with van der Waals surface area (Å²) in [4.78, 5) is 11.7. The lowest BCUT2D eigenvalue weighted by molar-refractivity contribution is -0.124. The first-order chi connectivity index (χ1) is 3.84. The van der Waals surface area contributed by atoms with Crippen LogP contribution in [0.5, 0.6) is 0 Å². The molecule has 0 bridgehead atoms. The highest BCUT2D eigenvalue weighted by Crippen LogP contribution is 1.96. The van der Waals surface area contributed by atoms with Crippen LogP contribution in [0.3, 0.4) is 0 Å². The molecule has 0 aromatic heterocycles. The van der Waals surface area contributed by atoms with E-state index in [4.69, 9.17) is 11.2 Å². The van der Waals surface area contributed by atoms with Crippen LogP contribution in [0.2, 0.25) is 0 Å². The third-order valence-corrected chi connectivity index (χ3v) is 0.903. The Morgan fingerprint density at radius 2 is 2.62 bits per heavy atom. The summed E-state index contributed by atoms with van der Waals surface area (Å²) in [7, 11) is 0. The van der Waals surface area contributed by atoms with Crippen LogP contribution in [0.25, 0.3) is 0 Å². The van der Waals surface area contributed by atoms with Gasteiger partial charge in [-0.2, -0.15) is 0 Å². The Hall–Kier alpha value is -1.01. The Morgan fingerprint density at radius 1 is 1.88 bits per heavy atom. The van der Waals surface area contributed by atoms with Crippen molar-refractivity contribution in [1.29, 1.82) is 0 Å². The van der Waals surface area contributed by atoms with Gasteiger partial charge in [0.15, 0.2) is 0 Å². The van der Waals surface area contributed by atoms with Crippen molar-refractivity contribution in [3.63, 3.8) is 0 Å². The number of carbonyl (C=O) groups is 1. The predicted molar refractivity (Wildman–Crippen MR) is 26.5 cm³/mol. The summed E-state index contributed by atoms with van der Waals surface area (Å²) in [5.74, 6) is -0.132. The van der Waals surface area contributed by atoms with Crippen LogP contribution in [0.4, 0.5) is 0 Å². The molecule has 0 aromatic carbocycles. The molecule has 0 aliphatic carbocycles. The Morgan fingerprint density at radius 3 is 2.88 bits per heavy atom. The van der Waals surface area contributed by atoms with Gasteiger partial charge >= 0.3 is 0 Å². The van der Waals surface area contributed by atoms with Crippen molar-refractivity contribution in [2.75, 3.05) is 13.3 Å². The van der Waals surface area contributed by atoms with Crippen LogP contribution in [-0.4, -0.2) is 24.1 Å². The molecular weight excluding hydrogens is 106 g/mol. The molecule has 1 saturated heterocycles. The van der Waals surface area contributed by atoms with E-state index in [1.807, 2.05) is 0 Å². The number of amides is 1. The zero-order valence-electron chi connectivity index (χ0n) is 4.26. The van der Waals surface area contributed by atoms with Gasteiger partial charge in [0.05, 0.1) is 0 Å². The van der Waals surface area contributed by atoms with Crippen LogP contribution in [-0.2, 0) is 9.53 Å². The molecule has 1 fully saturated rings. The van der Waals surface area contributed by atoms with Gasteiger partial charge in [-0.25, -0.2) is 4.90 Å². The van der Waals surface area contributed by atoms with Gasteiger partial charge in [-0.3, -0.25) is 4.79 Å². The number of nitrogens with zero attached hydrogens (tertiary/aromatic N) is 1. The van der Waals surface area contributed by atoms with Gasteiger partial charge in [-0.1, -0.05) is 6.42 Å². The minimum atomic E-state index is -0.132. The predicted octanol–water partition coefficient (Wildman–Crippen LogP) is -0.607. The summed E-state index contributed by atoms with van der Waals surface area (Å²) in [5, 5.41) is 0. The fourth-order valence-corrected chi connectivity index (χ4v) is 0.483. The number of terminal acetylenes is 1. The van der Waals surface area contributed by atoms with Gasteiger partial charge in [0.25, 0.3) is 5.91 Å². The van der Waals surface area contributed by atoms with Crippen molar-refractivity contribution in [3.8, 4) is 12.5 Å². The van der Waals surface area contributed by atoms with E-state index in [1.54, 1.807) is 0 Å². The summed E-state index contributed by atoms with van der Waals surface area (Å²) in [6.45, 7) is 0.375. The van der Waals surface area contributed by atoms with E-state index in [9.17, 15) is 4.79 Å². The van der Waals surface area contributed by atoms with E-state index < -0.39 is 0 Å². The molecule has 0 radical (unpaired) electrons. The third kappa shape index (κ3) is 0.658. The zero-order chi connectivity index (χ0) is 5.98. The lowest BCUT2D eigenvalue weighted by Crippen LogP contribution is -2.18. The molecule has 1 aliphatic rings. The molecular formula is C5H5NO2. The molecule has 0 N–H and O–H groups in total. The van der Waals surface area contributed by atoms with Gasteiger partial charge in [-0.15, -0.1) is 0 Å². The lowest BCUT2D eigenvalue weighted by atomic mass is 10.6. The van der Waals surface area contributed by atoms with E-state index >= 15 is 0 Å². The van der Waals surface area contributed by atoms with E-state index in [-0.39, 0.29) is 19.2 Å². The second kappa shape index (κ2) is 1.85. The largest absolute Gasteiger partial charge is 0.350 e. The molecule has 0 atom stereocenters. The van der Waals surface area contributed by atoms with Gasteiger partial charge in [0.2, 0.25) is 0 Å². The first-order valence-electron chi connectivity index (χ1n) is 2.19. The quantitative estimate of drug-likeness (QED) is 0.390. The molecule has 1 aliphatic heterocycles. The van der Waals surface area contributed by atoms with E-state index in [0.29, 0.717) is 0 Å². The van der Waals surface area contributed by atoms with Gasteiger partial charge in [-0.05, 0) is 0 Å². The fourth-order valence-electron chi connectivity index (χ4n) is 0.483. The first kappa shape index (κ1) is 5.13. The lowest BCUT2D eigenvalue weighted by Gasteiger charge is -1.98. The monoisotopic (exact) mass is 111 g/mol. The number of rotatable bonds is 0. The topological polar surface area (TPSA) is 29.5 Å². The molecule has 8 heavy (non-hydrogen) atoms. The SMILES string of the molecule is C#CN1COCC1=O. The van der Waals surface area contributed by atoms with E-state index in [0.717, 1.165) is 0 Å². The highest BCUT2D eigenvalue weighted by molar-refractivity contribution is 5.80. The summed E-state index contributed by atoms with van der Waals surface area (Å²) in [5.41, 5.74) is 0. The zero-order valence-corrected chi connectivity index (χ0v) is 4.26. The highest BCUT2D eigenvalue weighted by atomic mass is 16.5. The standard InChI is InChI=1S/C5H5NO2/c1-2-6-4-8-3-5(6)7/h1H,3-4H2. The summed E-state index contributed by atoms with van der Waals surface area (Å²) >= 11 is 0. The van der Waals surface area contributed by atoms with Crippen LogP contribution in [0.1, 0.15) is 0 Å². The Labute approximate surface area is 47.2 Å². The van der Waals surface area contributed by atoms with Crippen molar-refractivity contribution >= 4 is 5.91 Å². The molecule has 42 valence electrons. The van der Waals surface area contributed by atoms with Crippen molar-refractivity contribution in [2.45, 2.75) is 0 Å². The summed E-state index contributed by atoms with van der Waals surface area (Å²) in [6, 6.07) is 2.17. The smallest absolute Gasteiger partial charge is 0.262 e. The maximum Gasteiger partial charge on any atom is 0.262 e. The minimum absolute atomic E-state index is 0.129.